The molecule has 0 saturated carbocycles. The van der Waals surface area contributed by atoms with E-state index in [9.17, 15) is 14.4 Å². The van der Waals surface area contributed by atoms with Crippen LogP contribution in [-0.4, -0.2) is 29.5 Å². The van der Waals surface area contributed by atoms with Gasteiger partial charge in [0, 0.05) is 59.7 Å². The third-order valence-corrected chi connectivity index (χ3v) is 5.38. The number of halogens is 1. The van der Waals surface area contributed by atoms with Crippen LogP contribution in [0.2, 0.25) is 5.02 Å². The zero-order valence-corrected chi connectivity index (χ0v) is 16.9. The molecule has 152 valence electrons. The van der Waals surface area contributed by atoms with Gasteiger partial charge in [0.2, 0.25) is 5.91 Å². The van der Waals surface area contributed by atoms with E-state index in [1.165, 1.54) is 6.07 Å². The molecule has 2 heterocycles. The number of rotatable bonds is 5. The number of carbonyl (C=O) groups is 2. The highest BCUT2D eigenvalue weighted by Gasteiger charge is 2.30. The van der Waals surface area contributed by atoms with Crippen molar-refractivity contribution in [2.45, 2.75) is 6.42 Å². The molecular formula is C23H20ClN3O3. The van der Waals surface area contributed by atoms with Crippen molar-refractivity contribution in [3.05, 3.63) is 93.9 Å². The average Bonchev–Trinajstić information content (AvgIpc) is 3.13. The van der Waals surface area contributed by atoms with Gasteiger partial charge in [-0.25, -0.2) is 0 Å². The van der Waals surface area contributed by atoms with Crippen LogP contribution in [0.4, 0.5) is 5.69 Å². The Kier molecular flexibility index (Phi) is 5.68. The second-order valence-electron chi connectivity index (χ2n) is 7.22. The van der Waals surface area contributed by atoms with Crippen molar-refractivity contribution < 1.29 is 9.59 Å². The zero-order valence-electron chi connectivity index (χ0n) is 16.1. The summed E-state index contributed by atoms with van der Waals surface area (Å²) in [7, 11) is 0. The SMILES string of the molecule is O=C(NCC1CC(=O)N(c2ccc(-n3ccccc3=O)cc2)C1)c1ccc(Cl)cc1. The van der Waals surface area contributed by atoms with Crippen molar-refractivity contribution in [2.24, 2.45) is 5.92 Å². The summed E-state index contributed by atoms with van der Waals surface area (Å²) in [5.74, 6) is -0.134. The van der Waals surface area contributed by atoms with E-state index in [-0.39, 0.29) is 23.3 Å². The Hall–Kier alpha value is -3.38. The number of hydrogen-bond donors (Lipinski definition) is 1. The van der Waals surface area contributed by atoms with E-state index in [0.717, 1.165) is 11.4 Å². The Labute approximate surface area is 178 Å². The molecule has 4 rings (SSSR count). The van der Waals surface area contributed by atoms with Crippen LogP contribution in [0.1, 0.15) is 16.8 Å². The highest BCUT2D eigenvalue weighted by atomic mass is 35.5. The molecule has 1 aliphatic rings. The molecule has 1 saturated heterocycles. The molecule has 1 unspecified atom stereocenters. The first kappa shape index (κ1) is 19.9. The maximum absolute atomic E-state index is 12.5. The Bertz CT molecular complexity index is 1120. The number of anilines is 1. The largest absolute Gasteiger partial charge is 0.352 e. The van der Waals surface area contributed by atoms with E-state index in [2.05, 4.69) is 5.32 Å². The Morgan fingerprint density at radius 1 is 0.967 bits per heavy atom. The number of carbonyl (C=O) groups excluding carboxylic acids is 2. The first-order valence-corrected chi connectivity index (χ1v) is 10.0. The van der Waals surface area contributed by atoms with Gasteiger partial charge in [0.1, 0.15) is 0 Å². The summed E-state index contributed by atoms with van der Waals surface area (Å²) in [4.78, 5) is 38.4. The van der Waals surface area contributed by atoms with Crippen LogP contribution in [-0.2, 0) is 4.79 Å². The fourth-order valence-corrected chi connectivity index (χ4v) is 3.67. The second-order valence-corrected chi connectivity index (χ2v) is 7.65. The highest BCUT2D eigenvalue weighted by molar-refractivity contribution is 6.30. The lowest BCUT2D eigenvalue weighted by atomic mass is 10.1. The van der Waals surface area contributed by atoms with Gasteiger partial charge in [-0.3, -0.25) is 19.0 Å². The van der Waals surface area contributed by atoms with Gasteiger partial charge in [-0.1, -0.05) is 17.7 Å². The minimum absolute atomic E-state index is 0.0189. The summed E-state index contributed by atoms with van der Waals surface area (Å²) in [5, 5.41) is 3.47. The van der Waals surface area contributed by atoms with Crippen molar-refractivity contribution in [1.82, 2.24) is 9.88 Å². The van der Waals surface area contributed by atoms with Crippen LogP contribution in [0.3, 0.4) is 0 Å². The molecule has 1 atom stereocenters. The highest BCUT2D eigenvalue weighted by Crippen LogP contribution is 2.25. The molecule has 1 fully saturated rings. The number of hydrogen-bond acceptors (Lipinski definition) is 3. The van der Waals surface area contributed by atoms with Crippen molar-refractivity contribution in [2.75, 3.05) is 18.0 Å². The third kappa shape index (κ3) is 4.28. The van der Waals surface area contributed by atoms with Gasteiger partial charge in [0.25, 0.3) is 11.5 Å². The van der Waals surface area contributed by atoms with Crippen molar-refractivity contribution >= 4 is 29.1 Å². The number of pyridine rings is 1. The lowest BCUT2D eigenvalue weighted by Gasteiger charge is -2.18. The topological polar surface area (TPSA) is 71.4 Å². The monoisotopic (exact) mass is 421 g/mol. The normalized spacial score (nSPS) is 16.0. The van der Waals surface area contributed by atoms with Gasteiger partial charge < -0.3 is 10.2 Å². The van der Waals surface area contributed by atoms with Crippen LogP contribution in [0.5, 0.6) is 0 Å². The van der Waals surface area contributed by atoms with Crippen molar-refractivity contribution in [3.8, 4) is 5.69 Å². The Morgan fingerprint density at radius 3 is 2.37 bits per heavy atom. The summed E-state index contributed by atoms with van der Waals surface area (Å²) in [6.07, 6.45) is 2.08. The third-order valence-electron chi connectivity index (χ3n) is 5.12. The van der Waals surface area contributed by atoms with Crippen LogP contribution in [0, 0.1) is 5.92 Å². The Balaban J connectivity index is 1.39. The molecule has 7 heteroatoms. The molecule has 1 aromatic heterocycles. The van der Waals surface area contributed by atoms with Gasteiger partial charge in [0.05, 0.1) is 0 Å². The van der Waals surface area contributed by atoms with E-state index < -0.39 is 0 Å². The van der Waals surface area contributed by atoms with Gasteiger partial charge >= 0.3 is 0 Å². The standard InChI is InChI=1S/C23H20ClN3O3/c24-18-6-4-17(5-7-18)23(30)25-14-16-13-22(29)27(15-16)20-10-8-19(9-11-20)26-12-2-1-3-21(26)28/h1-12,16H,13-15H2,(H,25,30). The number of benzene rings is 2. The van der Waals surface area contributed by atoms with E-state index in [0.29, 0.717) is 30.1 Å². The number of nitrogens with one attached hydrogen (secondary N) is 1. The summed E-state index contributed by atoms with van der Waals surface area (Å²) >= 11 is 5.85. The molecule has 0 spiro atoms. The first-order chi connectivity index (χ1) is 14.5. The zero-order chi connectivity index (χ0) is 21.1. The summed E-state index contributed by atoms with van der Waals surface area (Å²) < 4.78 is 1.55. The lowest BCUT2D eigenvalue weighted by molar-refractivity contribution is -0.117. The molecule has 3 aromatic rings. The quantitative estimate of drug-likeness (QED) is 0.687. The summed E-state index contributed by atoms with van der Waals surface area (Å²) in [5.41, 5.74) is 1.94. The van der Waals surface area contributed by atoms with Crippen LogP contribution < -0.4 is 15.8 Å². The van der Waals surface area contributed by atoms with Crippen LogP contribution >= 0.6 is 11.6 Å². The van der Waals surface area contributed by atoms with Crippen molar-refractivity contribution in [3.63, 3.8) is 0 Å². The van der Waals surface area contributed by atoms with E-state index in [1.807, 2.05) is 24.3 Å². The molecule has 0 bridgehead atoms. The first-order valence-electron chi connectivity index (χ1n) is 9.63. The molecule has 2 aromatic carbocycles. The Morgan fingerprint density at radius 2 is 1.67 bits per heavy atom. The summed E-state index contributed by atoms with van der Waals surface area (Å²) in [6, 6.07) is 19.0. The molecule has 1 N–H and O–H groups in total. The average molecular weight is 422 g/mol. The molecule has 6 nitrogen and oxygen atoms in total. The van der Waals surface area contributed by atoms with Crippen LogP contribution in [0.25, 0.3) is 5.69 Å². The molecule has 0 radical (unpaired) electrons. The fraction of sp³-hybridized carbons (Fsp3) is 0.174. The number of nitrogens with zero attached hydrogens (tertiary/aromatic N) is 2. The van der Waals surface area contributed by atoms with E-state index >= 15 is 0 Å². The van der Waals surface area contributed by atoms with Crippen LogP contribution in [0.15, 0.2) is 77.7 Å². The molecule has 2 amide bonds. The van der Waals surface area contributed by atoms with Gasteiger partial charge in [0.15, 0.2) is 0 Å². The van der Waals surface area contributed by atoms with E-state index in [1.54, 1.807) is 52.1 Å². The molecule has 0 aliphatic carbocycles. The predicted octanol–water partition coefficient (Wildman–Crippen LogP) is 3.27. The minimum Gasteiger partial charge on any atom is -0.352 e. The van der Waals surface area contributed by atoms with E-state index in [4.69, 9.17) is 11.6 Å². The lowest BCUT2D eigenvalue weighted by Crippen LogP contribution is -2.31. The van der Waals surface area contributed by atoms with Gasteiger partial charge in [-0.05, 0) is 54.6 Å². The van der Waals surface area contributed by atoms with Gasteiger partial charge in [-0.15, -0.1) is 0 Å². The second kappa shape index (κ2) is 8.55. The van der Waals surface area contributed by atoms with Gasteiger partial charge in [-0.2, -0.15) is 0 Å². The summed E-state index contributed by atoms with van der Waals surface area (Å²) in [6.45, 7) is 0.950. The minimum atomic E-state index is -0.185. The maximum Gasteiger partial charge on any atom is 0.255 e. The molecule has 30 heavy (non-hydrogen) atoms. The maximum atomic E-state index is 12.5. The smallest absolute Gasteiger partial charge is 0.255 e. The number of amides is 2. The predicted molar refractivity (Wildman–Crippen MR) is 116 cm³/mol. The van der Waals surface area contributed by atoms with Crippen molar-refractivity contribution in [1.29, 1.82) is 0 Å². The molecular weight excluding hydrogens is 402 g/mol. The fourth-order valence-electron chi connectivity index (χ4n) is 3.54. The molecule has 1 aliphatic heterocycles. The number of aromatic nitrogens is 1.